The van der Waals surface area contributed by atoms with E-state index >= 15 is 0 Å². The molecule has 0 fully saturated rings. The van der Waals surface area contributed by atoms with Gasteiger partial charge in [0.2, 0.25) is 5.91 Å². The lowest BCUT2D eigenvalue weighted by Gasteiger charge is -2.18. The number of hydrogen-bond acceptors (Lipinski definition) is 5. The van der Waals surface area contributed by atoms with Crippen LogP contribution in [0.25, 0.3) is 21.9 Å². The highest BCUT2D eigenvalue weighted by atomic mass is 32.2. The number of fused-ring (bicyclic) bond motifs is 2. The summed E-state index contributed by atoms with van der Waals surface area (Å²) in [4.78, 5) is 34.5. The number of rotatable bonds is 9. The fourth-order valence-corrected chi connectivity index (χ4v) is 4.39. The van der Waals surface area contributed by atoms with Crippen LogP contribution in [-0.4, -0.2) is 37.0 Å². The number of imidazole rings is 1. The third-order valence-corrected chi connectivity index (χ3v) is 6.26. The van der Waals surface area contributed by atoms with E-state index in [0.717, 1.165) is 29.0 Å². The summed E-state index contributed by atoms with van der Waals surface area (Å²) in [5.41, 5.74) is 2.59. The monoisotopic (exact) mass is 449 g/mol. The third kappa shape index (κ3) is 4.70. The molecule has 0 saturated carbocycles. The Morgan fingerprint density at radius 3 is 2.66 bits per heavy atom. The standard InChI is InChI=1S/C24H27N5O2S/c1-28-21-11-6-5-10-19(21)27-23(28)20(13-15-32-2)26-22(30)12-7-14-29-16-25-18-9-4-3-8-17(18)24(29)31/h3-6,8-11,16,20H,7,12-15H2,1-2H3,(H,26,30). The number of aryl methyl sites for hydroxylation is 2. The van der Waals surface area contributed by atoms with E-state index in [4.69, 9.17) is 4.98 Å². The Kier molecular flexibility index (Phi) is 6.90. The van der Waals surface area contributed by atoms with Crippen molar-refractivity contribution in [2.45, 2.75) is 31.8 Å². The minimum atomic E-state index is -0.155. The zero-order valence-corrected chi connectivity index (χ0v) is 19.1. The highest BCUT2D eigenvalue weighted by Gasteiger charge is 2.20. The first-order chi connectivity index (χ1) is 15.6. The minimum absolute atomic E-state index is 0.0371. The van der Waals surface area contributed by atoms with Crippen molar-refractivity contribution < 1.29 is 4.79 Å². The van der Waals surface area contributed by atoms with Crippen molar-refractivity contribution >= 4 is 39.6 Å². The first-order valence-electron chi connectivity index (χ1n) is 10.7. The second-order valence-corrected chi connectivity index (χ2v) is 8.77. The van der Waals surface area contributed by atoms with Gasteiger partial charge in [-0.05, 0) is 49.1 Å². The van der Waals surface area contributed by atoms with Crippen LogP contribution in [0, 0.1) is 0 Å². The molecule has 0 saturated heterocycles. The van der Waals surface area contributed by atoms with Crippen LogP contribution in [-0.2, 0) is 18.4 Å². The second-order valence-electron chi connectivity index (χ2n) is 7.78. The number of carbonyl (C=O) groups excluding carboxylic acids is 1. The Morgan fingerprint density at radius 2 is 1.88 bits per heavy atom. The average Bonchev–Trinajstić information content (AvgIpc) is 3.15. The summed E-state index contributed by atoms with van der Waals surface area (Å²) in [5, 5.41) is 3.76. The zero-order chi connectivity index (χ0) is 22.5. The zero-order valence-electron chi connectivity index (χ0n) is 18.3. The van der Waals surface area contributed by atoms with Crippen molar-refractivity contribution in [3.05, 3.63) is 71.0 Å². The van der Waals surface area contributed by atoms with E-state index in [2.05, 4.69) is 21.1 Å². The predicted molar refractivity (Wildman–Crippen MR) is 130 cm³/mol. The van der Waals surface area contributed by atoms with Crippen molar-refractivity contribution in [2.24, 2.45) is 7.05 Å². The number of aromatic nitrogens is 4. The van der Waals surface area contributed by atoms with Crippen molar-refractivity contribution in [1.29, 1.82) is 0 Å². The molecule has 1 atom stereocenters. The summed E-state index contributed by atoms with van der Waals surface area (Å²) in [6, 6.07) is 15.1. The lowest BCUT2D eigenvalue weighted by molar-refractivity contribution is -0.122. The van der Waals surface area contributed by atoms with Crippen LogP contribution in [0.4, 0.5) is 0 Å². The summed E-state index contributed by atoms with van der Waals surface area (Å²) in [6.45, 7) is 0.450. The summed E-state index contributed by atoms with van der Waals surface area (Å²) < 4.78 is 3.63. The molecule has 0 aliphatic rings. The summed E-state index contributed by atoms with van der Waals surface area (Å²) in [7, 11) is 1.99. The molecule has 166 valence electrons. The number of benzene rings is 2. The van der Waals surface area contributed by atoms with Crippen molar-refractivity contribution in [2.75, 3.05) is 12.0 Å². The van der Waals surface area contributed by atoms with Gasteiger partial charge in [0.1, 0.15) is 5.82 Å². The number of nitrogens with one attached hydrogen (secondary N) is 1. The number of hydrogen-bond donors (Lipinski definition) is 1. The molecular formula is C24H27N5O2S. The molecular weight excluding hydrogens is 422 g/mol. The van der Waals surface area contributed by atoms with Crippen LogP contribution in [0.3, 0.4) is 0 Å². The first kappa shape index (κ1) is 22.1. The molecule has 0 radical (unpaired) electrons. The summed E-state index contributed by atoms with van der Waals surface area (Å²) in [5.74, 6) is 1.75. The smallest absolute Gasteiger partial charge is 0.261 e. The van der Waals surface area contributed by atoms with E-state index < -0.39 is 0 Å². The maximum Gasteiger partial charge on any atom is 0.261 e. The number of amides is 1. The predicted octanol–water partition coefficient (Wildman–Crippen LogP) is 3.67. The van der Waals surface area contributed by atoms with Gasteiger partial charge in [0.15, 0.2) is 0 Å². The number of nitrogens with zero attached hydrogens (tertiary/aromatic N) is 4. The van der Waals surface area contributed by atoms with E-state index in [-0.39, 0.29) is 17.5 Å². The van der Waals surface area contributed by atoms with Crippen LogP contribution in [0.1, 0.15) is 31.1 Å². The highest BCUT2D eigenvalue weighted by molar-refractivity contribution is 7.98. The number of thioether (sulfide) groups is 1. The van der Waals surface area contributed by atoms with Gasteiger partial charge in [-0.25, -0.2) is 9.97 Å². The SMILES string of the molecule is CSCCC(NC(=O)CCCn1cnc2ccccc2c1=O)c1nc2ccccc2n1C. The van der Waals surface area contributed by atoms with Crippen LogP contribution in [0.15, 0.2) is 59.7 Å². The Hall–Kier alpha value is -3.13. The quantitative estimate of drug-likeness (QED) is 0.422. The van der Waals surface area contributed by atoms with Gasteiger partial charge >= 0.3 is 0 Å². The molecule has 0 aliphatic carbocycles. The molecule has 4 rings (SSSR count). The molecule has 2 aromatic carbocycles. The Bertz CT molecular complexity index is 1300. The molecule has 0 bridgehead atoms. The van der Waals surface area contributed by atoms with E-state index in [1.54, 1.807) is 28.7 Å². The topological polar surface area (TPSA) is 81.8 Å². The van der Waals surface area contributed by atoms with Crippen LogP contribution < -0.4 is 10.9 Å². The Labute approximate surface area is 190 Å². The summed E-state index contributed by atoms with van der Waals surface area (Å²) >= 11 is 1.75. The third-order valence-electron chi connectivity index (χ3n) is 5.61. The average molecular weight is 450 g/mol. The largest absolute Gasteiger partial charge is 0.346 e. The lowest BCUT2D eigenvalue weighted by Crippen LogP contribution is -2.31. The lowest BCUT2D eigenvalue weighted by atomic mass is 10.2. The second kappa shape index (κ2) is 9.99. The summed E-state index contributed by atoms with van der Waals surface area (Å²) in [6.07, 6.45) is 5.31. The highest BCUT2D eigenvalue weighted by Crippen LogP contribution is 2.23. The maximum absolute atomic E-state index is 12.7. The first-order valence-corrected chi connectivity index (χ1v) is 12.1. The van der Waals surface area contributed by atoms with Gasteiger partial charge in [0.25, 0.3) is 5.56 Å². The normalized spacial score (nSPS) is 12.3. The van der Waals surface area contributed by atoms with Gasteiger partial charge < -0.3 is 9.88 Å². The van der Waals surface area contributed by atoms with E-state index in [1.165, 1.54) is 0 Å². The maximum atomic E-state index is 12.7. The molecule has 32 heavy (non-hydrogen) atoms. The van der Waals surface area contributed by atoms with E-state index in [0.29, 0.717) is 30.3 Å². The number of para-hydroxylation sites is 3. The van der Waals surface area contributed by atoms with E-state index in [9.17, 15) is 9.59 Å². The van der Waals surface area contributed by atoms with Gasteiger partial charge in [-0.1, -0.05) is 24.3 Å². The van der Waals surface area contributed by atoms with Gasteiger partial charge in [-0.15, -0.1) is 0 Å². The Morgan fingerprint density at radius 1 is 1.12 bits per heavy atom. The molecule has 0 aliphatic heterocycles. The molecule has 4 aromatic rings. The molecule has 1 amide bonds. The van der Waals surface area contributed by atoms with Gasteiger partial charge in [0.05, 0.1) is 34.3 Å². The molecule has 7 nitrogen and oxygen atoms in total. The molecule has 0 spiro atoms. The fourth-order valence-electron chi connectivity index (χ4n) is 3.92. The molecule has 2 heterocycles. The number of carbonyl (C=O) groups is 1. The Balaban J connectivity index is 1.42. The van der Waals surface area contributed by atoms with Gasteiger partial charge in [-0.2, -0.15) is 11.8 Å². The molecule has 1 unspecified atom stereocenters. The van der Waals surface area contributed by atoms with Gasteiger partial charge in [0, 0.05) is 20.0 Å². The van der Waals surface area contributed by atoms with Crippen LogP contribution >= 0.6 is 11.8 Å². The molecule has 2 aromatic heterocycles. The fraction of sp³-hybridized carbons (Fsp3) is 0.333. The van der Waals surface area contributed by atoms with Crippen LogP contribution in [0.2, 0.25) is 0 Å². The van der Waals surface area contributed by atoms with Crippen molar-refractivity contribution in [3.8, 4) is 0 Å². The van der Waals surface area contributed by atoms with E-state index in [1.807, 2.05) is 49.5 Å². The molecule has 1 N–H and O–H groups in total. The van der Waals surface area contributed by atoms with Gasteiger partial charge in [-0.3, -0.25) is 14.2 Å². The molecule has 8 heteroatoms. The minimum Gasteiger partial charge on any atom is -0.346 e. The van der Waals surface area contributed by atoms with Crippen molar-refractivity contribution in [1.82, 2.24) is 24.4 Å². The van der Waals surface area contributed by atoms with Crippen molar-refractivity contribution in [3.63, 3.8) is 0 Å². The van der Waals surface area contributed by atoms with Crippen LogP contribution in [0.5, 0.6) is 0 Å².